The second-order valence-electron chi connectivity index (χ2n) is 13.1. The van der Waals surface area contributed by atoms with Gasteiger partial charge < -0.3 is 39.7 Å². The van der Waals surface area contributed by atoms with Gasteiger partial charge in [0.15, 0.2) is 6.29 Å². The summed E-state index contributed by atoms with van der Waals surface area (Å²) in [6.07, 6.45) is 3.35. The fourth-order valence-electron chi connectivity index (χ4n) is 9.37. The predicted molar refractivity (Wildman–Crippen MR) is 134 cm³/mol. The fourth-order valence-corrected chi connectivity index (χ4v) is 9.37. The highest BCUT2D eigenvalue weighted by molar-refractivity contribution is 5.86. The molecule has 13 atom stereocenters. The molecule has 9 nitrogen and oxygen atoms in total. The second kappa shape index (κ2) is 9.65. The molecule has 2 aliphatic heterocycles. The van der Waals surface area contributed by atoms with Crippen LogP contribution in [0.25, 0.3) is 0 Å². The van der Waals surface area contributed by atoms with Crippen molar-refractivity contribution in [1.82, 2.24) is 0 Å². The molecular weight excluding hydrogens is 492 g/mol. The number of hydrogen-bond donors (Lipinski definition) is 5. The van der Waals surface area contributed by atoms with Gasteiger partial charge in [-0.1, -0.05) is 19.9 Å². The van der Waals surface area contributed by atoms with Crippen LogP contribution in [0.3, 0.4) is 0 Å². The van der Waals surface area contributed by atoms with Crippen LogP contribution < -0.4 is 0 Å². The van der Waals surface area contributed by atoms with E-state index in [9.17, 15) is 30.3 Å². The number of rotatable bonds is 4. The van der Waals surface area contributed by atoms with Crippen LogP contribution in [0, 0.1) is 34.5 Å². The number of aliphatic hydroxyl groups is 5. The normalized spacial score (nSPS) is 52.4. The first-order valence-corrected chi connectivity index (χ1v) is 14.3. The second-order valence-corrected chi connectivity index (χ2v) is 13.1. The molecule has 6 rings (SSSR count). The van der Waals surface area contributed by atoms with Crippen molar-refractivity contribution in [3.05, 3.63) is 23.3 Å². The average Bonchev–Trinajstić information content (AvgIpc) is 3.44. The van der Waals surface area contributed by atoms with Gasteiger partial charge in [0.2, 0.25) is 0 Å². The summed E-state index contributed by atoms with van der Waals surface area (Å²) >= 11 is 0. The van der Waals surface area contributed by atoms with Gasteiger partial charge in [-0.25, -0.2) is 4.79 Å². The number of hydrogen-bond acceptors (Lipinski definition) is 9. The third kappa shape index (κ3) is 4.04. The van der Waals surface area contributed by atoms with Crippen molar-refractivity contribution in [2.75, 3.05) is 13.2 Å². The number of fused-ring (bicyclic) bond motifs is 5. The van der Waals surface area contributed by atoms with Gasteiger partial charge in [-0.3, -0.25) is 0 Å². The molecule has 3 saturated carbocycles. The Bertz CT molecular complexity index is 1010. The molecule has 0 amide bonds. The summed E-state index contributed by atoms with van der Waals surface area (Å²) in [6, 6.07) is 0. The molecule has 0 bridgehead atoms. The van der Waals surface area contributed by atoms with Crippen LogP contribution >= 0.6 is 0 Å². The van der Waals surface area contributed by atoms with E-state index in [0.717, 1.165) is 56.1 Å². The molecular formula is C29H42O9. The first kappa shape index (κ1) is 26.9. The number of carbonyl (C=O) groups excluding carboxylic acids is 1. The van der Waals surface area contributed by atoms with E-state index in [-0.39, 0.29) is 28.8 Å². The molecule has 0 spiro atoms. The number of aliphatic hydroxyl groups excluding tert-OH is 5. The Morgan fingerprint density at radius 1 is 1.03 bits per heavy atom. The van der Waals surface area contributed by atoms with Gasteiger partial charge in [0.05, 0.1) is 18.8 Å². The molecule has 2 heterocycles. The summed E-state index contributed by atoms with van der Waals surface area (Å²) in [5, 5.41) is 51.5. The van der Waals surface area contributed by atoms with Crippen molar-refractivity contribution in [1.29, 1.82) is 0 Å². The summed E-state index contributed by atoms with van der Waals surface area (Å²) in [5.74, 6) is 1.16. The van der Waals surface area contributed by atoms with Crippen LogP contribution in [0.1, 0.15) is 58.8 Å². The van der Waals surface area contributed by atoms with Crippen molar-refractivity contribution in [2.24, 2.45) is 34.5 Å². The Morgan fingerprint density at radius 3 is 2.53 bits per heavy atom. The molecule has 5 N–H and O–H groups in total. The maximum atomic E-state index is 11.8. The molecule has 38 heavy (non-hydrogen) atoms. The van der Waals surface area contributed by atoms with Crippen molar-refractivity contribution in [3.63, 3.8) is 0 Å². The molecule has 1 saturated heterocycles. The molecule has 4 aliphatic carbocycles. The predicted octanol–water partition coefficient (Wildman–Crippen LogP) is 1.20. The lowest BCUT2D eigenvalue weighted by Gasteiger charge is -2.61. The van der Waals surface area contributed by atoms with Crippen LogP contribution in [0.4, 0.5) is 0 Å². The molecule has 4 fully saturated rings. The van der Waals surface area contributed by atoms with E-state index < -0.39 is 43.4 Å². The minimum Gasteiger partial charge on any atom is -0.458 e. The molecule has 0 aromatic heterocycles. The largest absolute Gasteiger partial charge is 0.458 e. The van der Waals surface area contributed by atoms with Gasteiger partial charge >= 0.3 is 5.97 Å². The number of carbonyl (C=O) groups is 1. The van der Waals surface area contributed by atoms with Crippen LogP contribution in [0.5, 0.6) is 0 Å². The van der Waals surface area contributed by atoms with E-state index in [1.807, 2.05) is 6.08 Å². The first-order valence-electron chi connectivity index (χ1n) is 14.3. The van der Waals surface area contributed by atoms with Crippen LogP contribution in [-0.2, 0) is 19.0 Å². The molecule has 9 heteroatoms. The van der Waals surface area contributed by atoms with Crippen LogP contribution in [-0.4, -0.2) is 87.6 Å². The molecule has 212 valence electrons. The summed E-state index contributed by atoms with van der Waals surface area (Å²) in [7, 11) is 0. The van der Waals surface area contributed by atoms with Gasteiger partial charge in [0.1, 0.15) is 31.0 Å². The highest BCUT2D eigenvalue weighted by atomic mass is 16.7. The zero-order valence-electron chi connectivity index (χ0n) is 22.2. The molecule has 0 unspecified atom stereocenters. The van der Waals surface area contributed by atoms with Gasteiger partial charge in [-0.2, -0.15) is 0 Å². The topological polar surface area (TPSA) is 146 Å². The Labute approximate surface area is 223 Å². The van der Waals surface area contributed by atoms with Gasteiger partial charge in [0.25, 0.3) is 0 Å². The smallest absolute Gasteiger partial charge is 0.331 e. The lowest BCUT2D eigenvalue weighted by molar-refractivity contribution is -0.316. The average molecular weight is 535 g/mol. The Balaban J connectivity index is 1.15. The van der Waals surface area contributed by atoms with Gasteiger partial charge in [-0.05, 0) is 79.1 Å². The molecule has 0 aromatic carbocycles. The molecule has 6 aliphatic rings. The van der Waals surface area contributed by atoms with Crippen LogP contribution in [0.15, 0.2) is 23.3 Å². The quantitative estimate of drug-likeness (QED) is 0.265. The summed E-state index contributed by atoms with van der Waals surface area (Å²) in [6.45, 7) is 4.49. The number of cyclic esters (lactones) is 1. The monoisotopic (exact) mass is 534 g/mol. The third-order valence-electron chi connectivity index (χ3n) is 11.4. The summed E-state index contributed by atoms with van der Waals surface area (Å²) in [4.78, 5) is 11.8. The van der Waals surface area contributed by atoms with Crippen molar-refractivity contribution in [2.45, 2.75) is 102 Å². The molecule has 0 radical (unpaired) electrons. The summed E-state index contributed by atoms with van der Waals surface area (Å²) < 4.78 is 17.0. The Kier molecular flexibility index (Phi) is 6.82. The van der Waals surface area contributed by atoms with Gasteiger partial charge in [-0.15, -0.1) is 0 Å². The number of ether oxygens (including phenoxy) is 3. The highest BCUT2D eigenvalue weighted by Crippen LogP contribution is 2.67. The van der Waals surface area contributed by atoms with Crippen molar-refractivity contribution < 1.29 is 44.5 Å². The van der Waals surface area contributed by atoms with Gasteiger partial charge in [0, 0.05) is 17.6 Å². The van der Waals surface area contributed by atoms with E-state index in [0.29, 0.717) is 24.4 Å². The number of esters is 1. The van der Waals surface area contributed by atoms with Crippen molar-refractivity contribution in [3.8, 4) is 0 Å². The Hall–Kier alpha value is -1.33. The zero-order chi connectivity index (χ0) is 27.0. The lowest BCUT2D eigenvalue weighted by Crippen LogP contribution is -2.60. The maximum absolute atomic E-state index is 11.8. The summed E-state index contributed by atoms with van der Waals surface area (Å²) in [5.41, 5.74) is 1.98. The van der Waals surface area contributed by atoms with E-state index in [1.54, 1.807) is 6.08 Å². The third-order valence-corrected chi connectivity index (χ3v) is 11.4. The minimum absolute atomic E-state index is 0.119. The van der Waals surface area contributed by atoms with Crippen molar-refractivity contribution >= 4 is 5.97 Å². The lowest BCUT2D eigenvalue weighted by atomic mass is 9.44. The maximum Gasteiger partial charge on any atom is 0.331 e. The highest BCUT2D eigenvalue weighted by Gasteiger charge is 2.61. The van der Waals surface area contributed by atoms with E-state index >= 15 is 0 Å². The Morgan fingerprint density at radius 2 is 1.82 bits per heavy atom. The first-order chi connectivity index (χ1) is 18.1. The molecule has 0 aromatic rings. The van der Waals surface area contributed by atoms with E-state index in [2.05, 4.69) is 13.8 Å². The van der Waals surface area contributed by atoms with E-state index in [4.69, 9.17) is 14.2 Å². The standard InChI is InChI=1S/C29H42O9/c1-28-7-5-16(37-27-26(35)25(34)24(33)21(12-30)38-27)10-15(28)3-4-17-18(28)6-8-29(2)19(11-20(31)23(17)29)14-9-22(32)36-13-14/h9,11,15-18,20-21,23-27,30-31,33-35H,3-8,10,12-13H2,1-2H3/t15-,16+,17-,18+,20+,21-,23+,24-,25+,26-,27-,28+,29-/m1/s1. The zero-order valence-corrected chi connectivity index (χ0v) is 22.2. The SMILES string of the molecule is C[C@]12CC[C@H](O[C@@H]3O[C@H](CO)[C@@H](O)[C@H](O)[C@H]3O)C[C@H]1CC[C@H]1[C@H]3[C@@H](O)C=C(C4=CC(=O)OC4)[C@@]3(C)CC[C@@H]12. The fraction of sp³-hybridized carbons (Fsp3) is 0.828. The minimum atomic E-state index is -1.44. The van der Waals surface area contributed by atoms with Crippen LogP contribution in [0.2, 0.25) is 0 Å². The van der Waals surface area contributed by atoms with E-state index in [1.165, 1.54) is 0 Å².